The van der Waals surface area contributed by atoms with E-state index in [-0.39, 0.29) is 10.7 Å². The lowest BCUT2D eigenvalue weighted by molar-refractivity contribution is 0.0794. The molecule has 1 atom stereocenters. The van der Waals surface area contributed by atoms with Gasteiger partial charge in [-0.25, -0.2) is 0 Å². The zero-order valence-electron chi connectivity index (χ0n) is 10.4. The van der Waals surface area contributed by atoms with Gasteiger partial charge in [0.05, 0.1) is 0 Å². The van der Waals surface area contributed by atoms with Crippen LogP contribution in [0, 0.1) is 0 Å². The highest BCUT2D eigenvalue weighted by molar-refractivity contribution is 9.09. The van der Waals surface area contributed by atoms with E-state index in [1.54, 1.807) is 18.1 Å². The molecule has 1 aromatic carbocycles. The van der Waals surface area contributed by atoms with Crippen molar-refractivity contribution in [2.24, 2.45) is 0 Å². The Morgan fingerprint density at radius 2 is 2.11 bits per heavy atom. The molecule has 0 saturated heterocycles. The van der Waals surface area contributed by atoms with E-state index in [2.05, 4.69) is 20.9 Å². The first-order chi connectivity index (χ1) is 8.59. The fourth-order valence-electron chi connectivity index (χ4n) is 1.93. The maximum Gasteiger partial charge on any atom is 0.272 e. The molecule has 1 aromatic heterocycles. The Morgan fingerprint density at radius 1 is 1.39 bits per heavy atom. The topological polar surface area (TPSA) is 33.2 Å². The van der Waals surface area contributed by atoms with Crippen molar-refractivity contribution in [3.8, 4) is 0 Å². The van der Waals surface area contributed by atoms with Crippen LogP contribution in [-0.4, -0.2) is 34.2 Å². The van der Waals surface area contributed by atoms with E-state index in [9.17, 15) is 4.79 Å². The number of benzene rings is 1. The summed E-state index contributed by atoms with van der Waals surface area (Å²) >= 11 is 3.45. The number of amides is 1. The van der Waals surface area contributed by atoms with Crippen LogP contribution in [0.1, 0.15) is 17.4 Å². The minimum absolute atomic E-state index is 0.0434. The van der Waals surface area contributed by atoms with Gasteiger partial charge in [0.25, 0.3) is 5.91 Å². The van der Waals surface area contributed by atoms with E-state index in [0.717, 1.165) is 10.8 Å². The highest BCUT2D eigenvalue weighted by Gasteiger charge is 2.16. The molecule has 0 aliphatic heterocycles. The number of fused-ring (bicyclic) bond motifs is 1. The number of carbonyl (C=O) groups excluding carboxylic acids is 1. The van der Waals surface area contributed by atoms with Crippen molar-refractivity contribution in [2.75, 3.05) is 13.6 Å². The fraction of sp³-hybridized carbons (Fsp3) is 0.286. The Balaban J connectivity index is 2.39. The third-order valence-electron chi connectivity index (χ3n) is 2.75. The van der Waals surface area contributed by atoms with E-state index in [4.69, 9.17) is 0 Å². The zero-order chi connectivity index (χ0) is 13.1. The molecule has 3 nitrogen and oxygen atoms in total. The van der Waals surface area contributed by atoms with Gasteiger partial charge in [0.15, 0.2) is 0 Å². The van der Waals surface area contributed by atoms with Gasteiger partial charge in [-0.2, -0.15) is 0 Å². The van der Waals surface area contributed by atoms with Gasteiger partial charge in [0.1, 0.15) is 5.69 Å². The van der Waals surface area contributed by atoms with Crippen molar-refractivity contribution < 1.29 is 4.79 Å². The lowest BCUT2D eigenvalue weighted by atomic mass is 10.1. The van der Waals surface area contributed by atoms with Gasteiger partial charge in [-0.3, -0.25) is 9.78 Å². The molecule has 0 N–H and O–H groups in total. The average Bonchev–Trinajstić information content (AvgIpc) is 2.36. The molecule has 0 fully saturated rings. The molecule has 1 amide bonds. The van der Waals surface area contributed by atoms with Crippen molar-refractivity contribution >= 4 is 32.6 Å². The molecule has 2 aromatic rings. The van der Waals surface area contributed by atoms with Gasteiger partial charge in [0, 0.05) is 30.0 Å². The third-order valence-corrected chi connectivity index (χ3v) is 3.04. The molecular formula is C14H15BrN2O. The van der Waals surface area contributed by atoms with E-state index >= 15 is 0 Å². The second-order valence-electron chi connectivity index (χ2n) is 4.35. The second kappa shape index (κ2) is 5.48. The minimum Gasteiger partial charge on any atom is -0.339 e. The number of hydrogen-bond donors (Lipinski definition) is 0. The minimum atomic E-state index is -0.0434. The van der Waals surface area contributed by atoms with Crippen LogP contribution in [0.5, 0.6) is 0 Å². The monoisotopic (exact) mass is 306 g/mol. The van der Waals surface area contributed by atoms with Crippen LogP contribution in [0.3, 0.4) is 0 Å². The maximum absolute atomic E-state index is 12.3. The first-order valence-electron chi connectivity index (χ1n) is 5.83. The summed E-state index contributed by atoms with van der Waals surface area (Å²) in [4.78, 5) is 18.5. The SMILES string of the molecule is CC(Br)CN(C)C(=O)c1nccc2ccccc12. The Kier molecular flexibility index (Phi) is 3.97. The smallest absolute Gasteiger partial charge is 0.272 e. The average molecular weight is 307 g/mol. The lowest BCUT2D eigenvalue weighted by Gasteiger charge is -2.18. The molecule has 18 heavy (non-hydrogen) atoms. The normalized spacial score (nSPS) is 12.4. The van der Waals surface area contributed by atoms with Crippen LogP contribution in [0.15, 0.2) is 36.5 Å². The van der Waals surface area contributed by atoms with Crippen molar-refractivity contribution in [3.05, 3.63) is 42.2 Å². The number of pyridine rings is 1. The van der Waals surface area contributed by atoms with Crippen molar-refractivity contribution in [1.82, 2.24) is 9.88 Å². The van der Waals surface area contributed by atoms with Gasteiger partial charge in [-0.1, -0.05) is 47.1 Å². The molecule has 2 rings (SSSR count). The predicted molar refractivity (Wildman–Crippen MR) is 77.1 cm³/mol. The summed E-state index contributed by atoms with van der Waals surface area (Å²) in [5.74, 6) is -0.0434. The summed E-state index contributed by atoms with van der Waals surface area (Å²) in [6, 6.07) is 9.72. The number of aromatic nitrogens is 1. The quantitative estimate of drug-likeness (QED) is 0.816. The van der Waals surface area contributed by atoms with E-state index in [1.807, 2.05) is 37.3 Å². The number of alkyl halides is 1. The van der Waals surface area contributed by atoms with Crippen LogP contribution in [0.2, 0.25) is 0 Å². The summed E-state index contributed by atoms with van der Waals surface area (Å²) in [5.41, 5.74) is 0.517. The van der Waals surface area contributed by atoms with Crippen LogP contribution in [-0.2, 0) is 0 Å². The molecular weight excluding hydrogens is 292 g/mol. The number of nitrogens with zero attached hydrogens (tertiary/aromatic N) is 2. The van der Waals surface area contributed by atoms with Gasteiger partial charge in [-0.05, 0) is 11.5 Å². The summed E-state index contributed by atoms with van der Waals surface area (Å²) in [6.07, 6.45) is 1.68. The van der Waals surface area contributed by atoms with Crippen molar-refractivity contribution in [3.63, 3.8) is 0 Å². The zero-order valence-corrected chi connectivity index (χ0v) is 12.0. The Bertz CT molecular complexity index is 563. The van der Waals surface area contributed by atoms with Crippen LogP contribution in [0.25, 0.3) is 10.8 Å². The number of hydrogen-bond acceptors (Lipinski definition) is 2. The van der Waals surface area contributed by atoms with Crippen LogP contribution in [0.4, 0.5) is 0 Å². The highest BCUT2D eigenvalue weighted by atomic mass is 79.9. The molecule has 0 spiro atoms. The second-order valence-corrected chi connectivity index (χ2v) is 5.91. The summed E-state index contributed by atoms with van der Waals surface area (Å²) < 4.78 is 0. The van der Waals surface area contributed by atoms with Gasteiger partial charge >= 0.3 is 0 Å². The molecule has 0 saturated carbocycles. The fourth-order valence-corrected chi connectivity index (χ4v) is 2.37. The largest absolute Gasteiger partial charge is 0.339 e. The Morgan fingerprint density at radius 3 is 2.83 bits per heavy atom. The van der Waals surface area contributed by atoms with Crippen molar-refractivity contribution in [1.29, 1.82) is 0 Å². The van der Waals surface area contributed by atoms with Crippen LogP contribution >= 0.6 is 15.9 Å². The van der Waals surface area contributed by atoms with Crippen molar-refractivity contribution in [2.45, 2.75) is 11.8 Å². The summed E-state index contributed by atoms with van der Waals surface area (Å²) in [6.45, 7) is 2.67. The Labute approximate surface area is 115 Å². The highest BCUT2D eigenvalue weighted by Crippen LogP contribution is 2.17. The van der Waals surface area contributed by atoms with E-state index < -0.39 is 0 Å². The van der Waals surface area contributed by atoms with Crippen LogP contribution < -0.4 is 0 Å². The number of carbonyl (C=O) groups is 1. The molecule has 0 radical (unpaired) electrons. The molecule has 0 aliphatic rings. The maximum atomic E-state index is 12.3. The lowest BCUT2D eigenvalue weighted by Crippen LogP contribution is -2.31. The summed E-state index contributed by atoms with van der Waals surface area (Å²) in [7, 11) is 1.80. The van der Waals surface area contributed by atoms with Gasteiger partial charge in [0.2, 0.25) is 0 Å². The molecule has 1 heterocycles. The molecule has 0 bridgehead atoms. The first-order valence-corrected chi connectivity index (χ1v) is 6.74. The summed E-state index contributed by atoms with van der Waals surface area (Å²) in [5, 5.41) is 1.94. The first kappa shape index (κ1) is 13.0. The number of halogens is 1. The molecule has 1 unspecified atom stereocenters. The molecule has 94 valence electrons. The standard InChI is InChI=1S/C14H15BrN2O/c1-10(15)9-17(2)14(18)13-12-6-4-3-5-11(12)7-8-16-13/h3-8,10H,9H2,1-2H3. The van der Waals surface area contributed by atoms with E-state index in [0.29, 0.717) is 12.2 Å². The van der Waals surface area contributed by atoms with Gasteiger partial charge < -0.3 is 4.90 Å². The van der Waals surface area contributed by atoms with E-state index in [1.165, 1.54) is 0 Å². The predicted octanol–water partition coefficient (Wildman–Crippen LogP) is 3.09. The van der Waals surface area contributed by atoms with Gasteiger partial charge in [-0.15, -0.1) is 0 Å². The number of rotatable bonds is 3. The third kappa shape index (κ3) is 2.70. The Hall–Kier alpha value is -1.42. The molecule has 0 aliphatic carbocycles. The molecule has 4 heteroatoms.